The maximum Gasteiger partial charge on any atom is 0.408 e. The number of nitrogens with zero attached hydrogens (tertiary/aromatic N) is 2. The number of aliphatic hydroxyl groups is 1. The Morgan fingerprint density at radius 2 is 2.10 bits per heavy atom. The van der Waals surface area contributed by atoms with Crippen molar-refractivity contribution in [1.29, 1.82) is 0 Å². The van der Waals surface area contributed by atoms with Crippen LogP contribution in [-0.4, -0.2) is 70.7 Å². The fourth-order valence-electron chi connectivity index (χ4n) is 6.01. The molecule has 31 heavy (non-hydrogen) atoms. The van der Waals surface area contributed by atoms with Gasteiger partial charge in [0.05, 0.1) is 36.0 Å². The van der Waals surface area contributed by atoms with Gasteiger partial charge in [-0.1, -0.05) is 12.1 Å². The number of carbonyl (C=O) groups is 2. The number of alkyl carbamates (subject to hydrolysis) is 1. The van der Waals surface area contributed by atoms with E-state index in [0.717, 1.165) is 12.8 Å². The van der Waals surface area contributed by atoms with E-state index in [1.807, 2.05) is 4.90 Å². The number of fused-ring (bicyclic) bond motifs is 2. The van der Waals surface area contributed by atoms with Gasteiger partial charge in [-0.2, -0.15) is 0 Å². The Bertz CT molecular complexity index is 839. The molecule has 9 heteroatoms. The zero-order valence-corrected chi connectivity index (χ0v) is 17.7. The van der Waals surface area contributed by atoms with Crippen LogP contribution in [0.2, 0.25) is 0 Å². The molecule has 3 saturated heterocycles. The van der Waals surface area contributed by atoms with Gasteiger partial charge in [0.25, 0.3) is 0 Å². The average Bonchev–Trinajstić information content (AvgIpc) is 3.06. The Kier molecular flexibility index (Phi) is 5.96. The summed E-state index contributed by atoms with van der Waals surface area (Å²) in [6, 6.07) is 5.40. The van der Waals surface area contributed by atoms with Gasteiger partial charge in [-0.05, 0) is 51.2 Å². The van der Waals surface area contributed by atoms with Gasteiger partial charge in [-0.25, -0.2) is 14.0 Å². The molecule has 3 aliphatic rings. The Morgan fingerprint density at radius 3 is 2.81 bits per heavy atom. The molecule has 3 heterocycles. The third-order valence-corrected chi connectivity index (χ3v) is 7.22. The summed E-state index contributed by atoms with van der Waals surface area (Å²) in [6.45, 7) is 3.12. The number of aliphatic hydroxyl groups excluding tert-OH is 1. The van der Waals surface area contributed by atoms with Crippen LogP contribution < -0.4 is 10.2 Å². The summed E-state index contributed by atoms with van der Waals surface area (Å²) >= 11 is 0. The maximum atomic E-state index is 14.4. The van der Waals surface area contributed by atoms with Crippen LogP contribution in [-0.2, 0) is 4.74 Å². The van der Waals surface area contributed by atoms with E-state index in [0.29, 0.717) is 31.6 Å². The van der Waals surface area contributed by atoms with Crippen molar-refractivity contribution in [2.24, 2.45) is 5.92 Å². The summed E-state index contributed by atoms with van der Waals surface area (Å²) in [4.78, 5) is 27.8. The summed E-state index contributed by atoms with van der Waals surface area (Å²) in [7, 11) is 0. The van der Waals surface area contributed by atoms with E-state index >= 15 is 0 Å². The highest BCUT2D eigenvalue weighted by atomic mass is 19.1. The molecule has 5 atom stereocenters. The van der Waals surface area contributed by atoms with Crippen molar-refractivity contribution in [3.63, 3.8) is 0 Å². The molecule has 1 aromatic carbocycles. The van der Waals surface area contributed by atoms with Gasteiger partial charge in [-0.15, -0.1) is 0 Å². The maximum absolute atomic E-state index is 14.4. The zero-order valence-electron chi connectivity index (χ0n) is 17.7. The number of nitrogens with one attached hydrogen (secondary N) is 1. The summed E-state index contributed by atoms with van der Waals surface area (Å²) < 4.78 is 19.3. The first kappa shape index (κ1) is 21.7. The topological polar surface area (TPSA) is 102 Å². The molecule has 3 N–H and O–H groups in total. The molecule has 0 aromatic heterocycles. The molecular weight excluding hydrogens is 405 g/mol. The third kappa shape index (κ3) is 3.79. The number of amides is 2. The number of carboxylic acid groups (broad SMARTS) is 1. The van der Waals surface area contributed by atoms with Crippen LogP contribution in [0.5, 0.6) is 0 Å². The van der Waals surface area contributed by atoms with Gasteiger partial charge in [0, 0.05) is 19.0 Å². The Balaban J connectivity index is 1.59. The van der Waals surface area contributed by atoms with Crippen molar-refractivity contribution >= 4 is 17.9 Å². The number of carbonyl (C=O) groups excluding carboxylic acids is 1. The minimum absolute atomic E-state index is 0.0415. The van der Waals surface area contributed by atoms with Crippen molar-refractivity contribution in [3.05, 3.63) is 30.1 Å². The minimum atomic E-state index is -1.05. The first-order chi connectivity index (χ1) is 14.9. The van der Waals surface area contributed by atoms with E-state index in [4.69, 9.17) is 4.74 Å². The molecule has 170 valence electrons. The second-order valence-corrected chi connectivity index (χ2v) is 8.76. The fraction of sp³-hybridized carbons (Fsp3) is 0.636. The monoisotopic (exact) mass is 435 g/mol. The number of rotatable bonds is 4. The molecule has 2 bridgehead atoms. The molecule has 4 rings (SSSR count). The lowest BCUT2D eigenvalue weighted by molar-refractivity contribution is -0.0573. The van der Waals surface area contributed by atoms with Crippen LogP contribution in [0.25, 0.3) is 0 Å². The summed E-state index contributed by atoms with van der Waals surface area (Å²) in [5.41, 5.74) is -0.203. The van der Waals surface area contributed by atoms with E-state index in [-0.39, 0.29) is 24.8 Å². The number of benzene rings is 1. The molecule has 0 saturated carbocycles. The van der Waals surface area contributed by atoms with Gasteiger partial charge in [0.15, 0.2) is 0 Å². The van der Waals surface area contributed by atoms with Crippen molar-refractivity contribution in [2.75, 3.05) is 24.6 Å². The van der Waals surface area contributed by atoms with Crippen LogP contribution in [0.15, 0.2) is 24.3 Å². The van der Waals surface area contributed by atoms with E-state index in [1.165, 1.54) is 11.0 Å². The number of ether oxygens (including phenoxy) is 1. The molecule has 0 radical (unpaired) electrons. The highest BCUT2D eigenvalue weighted by molar-refractivity contribution is 5.70. The molecule has 8 nitrogen and oxygen atoms in total. The van der Waals surface area contributed by atoms with Gasteiger partial charge in [-0.3, -0.25) is 4.90 Å². The molecule has 1 aromatic rings. The minimum Gasteiger partial charge on any atom is -0.465 e. The van der Waals surface area contributed by atoms with Crippen molar-refractivity contribution in [3.8, 4) is 0 Å². The fourth-order valence-corrected chi connectivity index (χ4v) is 6.01. The molecular formula is C22H30FN3O5. The van der Waals surface area contributed by atoms with Gasteiger partial charge in [0.1, 0.15) is 5.82 Å². The van der Waals surface area contributed by atoms with E-state index in [1.54, 1.807) is 25.1 Å². The number of halogens is 1. The van der Waals surface area contributed by atoms with Crippen molar-refractivity contribution in [2.45, 2.75) is 62.8 Å². The van der Waals surface area contributed by atoms with Gasteiger partial charge >= 0.3 is 12.2 Å². The van der Waals surface area contributed by atoms with E-state index < -0.39 is 35.9 Å². The quantitative estimate of drug-likeness (QED) is 0.672. The van der Waals surface area contributed by atoms with Crippen LogP contribution in [0.1, 0.15) is 39.0 Å². The summed E-state index contributed by atoms with van der Waals surface area (Å²) in [5.74, 6) is -0.331. The van der Waals surface area contributed by atoms with Crippen molar-refractivity contribution < 1.29 is 28.9 Å². The lowest BCUT2D eigenvalue weighted by atomic mass is 9.72. The number of hydrogen-bond acceptors (Lipinski definition) is 5. The predicted molar refractivity (Wildman–Crippen MR) is 112 cm³/mol. The Hall–Kier alpha value is -2.55. The average molecular weight is 435 g/mol. The second-order valence-electron chi connectivity index (χ2n) is 8.76. The molecule has 2 amide bonds. The third-order valence-electron chi connectivity index (χ3n) is 7.22. The van der Waals surface area contributed by atoms with Crippen LogP contribution in [0.4, 0.5) is 19.7 Å². The molecule has 3 aliphatic heterocycles. The largest absolute Gasteiger partial charge is 0.465 e. The lowest BCUT2D eigenvalue weighted by Crippen LogP contribution is -2.69. The predicted octanol–water partition coefficient (Wildman–Crippen LogP) is 2.80. The van der Waals surface area contributed by atoms with Gasteiger partial charge in [0.2, 0.25) is 0 Å². The number of hydrogen-bond donors (Lipinski definition) is 3. The number of para-hydroxylation sites is 1. The highest BCUT2D eigenvalue weighted by Crippen LogP contribution is 2.51. The smallest absolute Gasteiger partial charge is 0.408 e. The van der Waals surface area contributed by atoms with Crippen LogP contribution >= 0.6 is 0 Å². The standard InChI is InChI=1S/C22H30FN3O5/c1-2-31-20(28)24-19-17-9-10-22(12-18(19)27,26(17)21(29)30)14-6-5-11-25(13-14)16-8-4-3-7-15(16)23/h3-4,7-8,14,17-19,27H,2,5-6,9-13H2,1H3,(H,24,28)(H,29,30). The second kappa shape index (κ2) is 8.53. The van der Waals surface area contributed by atoms with Crippen LogP contribution in [0, 0.1) is 11.7 Å². The highest BCUT2D eigenvalue weighted by Gasteiger charge is 2.61. The molecule has 3 fully saturated rings. The Labute approximate surface area is 181 Å². The molecule has 0 aliphatic carbocycles. The number of anilines is 1. The summed E-state index contributed by atoms with van der Waals surface area (Å²) in [5, 5.41) is 23.7. The van der Waals surface area contributed by atoms with E-state index in [2.05, 4.69) is 5.32 Å². The van der Waals surface area contributed by atoms with E-state index in [9.17, 15) is 24.2 Å². The zero-order chi connectivity index (χ0) is 22.2. The summed E-state index contributed by atoms with van der Waals surface area (Å²) in [6.07, 6.45) is 0.449. The Morgan fingerprint density at radius 1 is 1.32 bits per heavy atom. The molecule has 0 spiro atoms. The molecule has 5 unspecified atom stereocenters. The van der Waals surface area contributed by atoms with Gasteiger partial charge < -0.3 is 25.2 Å². The lowest BCUT2D eigenvalue weighted by Gasteiger charge is -2.54. The van der Waals surface area contributed by atoms with Crippen LogP contribution in [0.3, 0.4) is 0 Å². The first-order valence-electron chi connectivity index (χ1n) is 11.0. The van der Waals surface area contributed by atoms with Crippen molar-refractivity contribution in [1.82, 2.24) is 10.2 Å². The number of piperidine rings is 2. The normalized spacial score (nSPS) is 32.6. The SMILES string of the molecule is CCOC(=O)NC1C(O)CC2(C3CCCN(c4ccccc4F)C3)CCC1N2C(=O)O. The first-order valence-corrected chi connectivity index (χ1v) is 11.0.